The predicted octanol–water partition coefficient (Wildman–Crippen LogP) is 4.89. The molecule has 6 heteroatoms. The van der Waals surface area contributed by atoms with Gasteiger partial charge in [-0.3, -0.25) is 4.90 Å². The van der Waals surface area contributed by atoms with E-state index in [0.717, 1.165) is 25.7 Å². The van der Waals surface area contributed by atoms with Gasteiger partial charge in [0.05, 0.1) is 12.1 Å². The highest BCUT2D eigenvalue weighted by Crippen LogP contribution is 2.55. The van der Waals surface area contributed by atoms with Crippen LogP contribution in [0.2, 0.25) is 18.1 Å². The molecule has 3 fully saturated rings. The van der Waals surface area contributed by atoms with E-state index in [2.05, 4.69) is 33.9 Å². The third-order valence-corrected chi connectivity index (χ3v) is 11.3. The van der Waals surface area contributed by atoms with Gasteiger partial charge in [-0.15, -0.1) is 0 Å². The normalized spacial score (nSPS) is 32.7. The second-order valence-electron chi connectivity index (χ2n) is 11.5. The first kappa shape index (κ1) is 21.1. The molecule has 1 aliphatic heterocycles. The predicted molar refractivity (Wildman–Crippen MR) is 109 cm³/mol. The van der Waals surface area contributed by atoms with Crippen LogP contribution in [0.25, 0.3) is 0 Å². The van der Waals surface area contributed by atoms with Gasteiger partial charge in [0.1, 0.15) is 11.3 Å². The lowest BCUT2D eigenvalue weighted by molar-refractivity contribution is -0.111. The first-order valence-corrected chi connectivity index (χ1v) is 13.5. The van der Waals surface area contributed by atoms with Gasteiger partial charge in [-0.05, 0) is 70.5 Å². The number of carbonyl (C=O) groups is 1. The molecule has 0 radical (unpaired) electrons. The van der Waals surface area contributed by atoms with Crippen molar-refractivity contribution in [3.05, 3.63) is 0 Å². The highest BCUT2D eigenvalue weighted by atomic mass is 28.4. The Morgan fingerprint density at radius 2 is 1.63 bits per heavy atom. The van der Waals surface area contributed by atoms with E-state index in [1.807, 2.05) is 20.8 Å². The molecule has 0 aromatic carbocycles. The summed E-state index contributed by atoms with van der Waals surface area (Å²) in [7, 11) is -2.01. The Kier molecular flexibility index (Phi) is 5.05. The van der Waals surface area contributed by atoms with Crippen molar-refractivity contribution in [2.45, 2.75) is 115 Å². The van der Waals surface area contributed by atoms with Crippen LogP contribution in [0.15, 0.2) is 0 Å². The summed E-state index contributed by atoms with van der Waals surface area (Å²) in [6.07, 6.45) is 4.18. The number of aliphatic hydroxyl groups is 1. The summed E-state index contributed by atoms with van der Waals surface area (Å²) in [5.74, 6) is 0.569. The van der Waals surface area contributed by atoms with Gasteiger partial charge < -0.3 is 14.3 Å². The van der Waals surface area contributed by atoms with Crippen molar-refractivity contribution in [2.75, 3.05) is 0 Å². The van der Waals surface area contributed by atoms with Crippen molar-refractivity contribution in [1.82, 2.24) is 4.90 Å². The summed E-state index contributed by atoms with van der Waals surface area (Å²) in [6, 6.07) is -0.0698. The summed E-state index contributed by atoms with van der Waals surface area (Å²) < 4.78 is 12.5. The largest absolute Gasteiger partial charge is 0.444 e. The van der Waals surface area contributed by atoms with E-state index in [9.17, 15) is 9.90 Å². The third kappa shape index (κ3) is 4.22. The molecule has 3 atom stereocenters. The van der Waals surface area contributed by atoms with E-state index in [-0.39, 0.29) is 29.2 Å². The standard InChI is InChI=1S/C21H39NO4Si/c1-19(2,3)25-18(23)22-17(14-9-10-14)16(13-21(22,24)15-11-12-15)26-27(7,8)20(4,5)6/h14-17,24H,9-13H2,1-8H3/t16-,17+,21?/m1/s1. The molecule has 0 aromatic heterocycles. The molecule has 5 nitrogen and oxygen atoms in total. The topological polar surface area (TPSA) is 59.0 Å². The quantitative estimate of drug-likeness (QED) is 0.686. The molecule has 1 unspecified atom stereocenters. The molecule has 1 saturated heterocycles. The van der Waals surface area contributed by atoms with E-state index >= 15 is 0 Å². The Labute approximate surface area is 165 Å². The van der Waals surface area contributed by atoms with Crippen LogP contribution < -0.4 is 0 Å². The van der Waals surface area contributed by atoms with Gasteiger partial charge in [0.25, 0.3) is 0 Å². The molecule has 0 spiro atoms. The first-order valence-electron chi connectivity index (χ1n) is 10.6. The molecule has 27 heavy (non-hydrogen) atoms. The average Bonchev–Trinajstić information content (AvgIpc) is 3.31. The summed E-state index contributed by atoms with van der Waals surface area (Å²) in [4.78, 5) is 14.9. The minimum Gasteiger partial charge on any atom is -0.444 e. The molecule has 0 aromatic rings. The van der Waals surface area contributed by atoms with Crippen molar-refractivity contribution >= 4 is 14.4 Å². The number of ether oxygens (including phenoxy) is 1. The van der Waals surface area contributed by atoms with Crippen LogP contribution in [-0.4, -0.2) is 47.9 Å². The summed E-state index contributed by atoms with van der Waals surface area (Å²) in [5, 5.41) is 11.7. The molecule has 156 valence electrons. The van der Waals surface area contributed by atoms with E-state index in [0.29, 0.717) is 12.3 Å². The maximum atomic E-state index is 13.2. The lowest BCUT2D eigenvalue weighted by atomic mass is 10.0. The molecular weight excluding hydrogens is 358 g/mol. The molecule has 0 bridgehead atoms. The maximum absolute atomic E-state index is 13.2. The van der Waals surface area contributed by atoms with Crippen molar-refractivity contribution < 1.29 is 19.1 Å². The van der Waals surface area contributed by atoms with Crippen LogP contribution >= 0.6 is 0 Å². The monoisotopic (exact) mass is 397 g/mol. The highest BCUT2D eigenvalue weighted by Gasteiger charge is 2.64. The van der Waals surface area contributed by atoms with Gasteiger partial charge in [0.2, 0.25) is 0 Å². The number of carbonyl (C=O) groups excluding carboxylic acids is 1. The molecule has 2 saturated carbocycles. The van der Waals surface area contributed by atoms with Gasteiger partial charge in [-0.25, -0.2) is 4.79 Å². The zero-order valence-electron chi connectivity index (χ0n) is 18.5. The number of rotatable bonds is 4. The number of likely N-dealkylation sites (tertiary alicyclic amines) is 1. The highest BCUT2D eigenvalue weighted by molar-refractivity contribution is 6.74. The molecule has 3 aliphatic rings. The second kappa shape index (κ2) is 6.46. The zero-order chi connectivity index (χ0) is 20.4. The lowest BCUT2D eigenvalue weighted by Crippen LogP contribution is -2.55. The fraction of sp³-hybridized carbons (Fsp3) is 0.952. The smallest absolute Gasteiger partial charge is 0.412 e. The SMILES string of the molecule is CC(C)(C)OC(=O)N1[C@@H](C2CC2)[C@H](O[Si](C)(C)C(C)(C)C)CC1(O)C1CC1. The molecular formula is C21H39NO4Si. The van der Waals surface area contributed by atoms with Crippen molar-refractivity contribution in [1.29, 1.82) is 0 Å². The number of amides is 1. The second-order valence-corrected chi connectivity index (χ2v) is 16.2. The van der Waals surface area contributed by atoms with Crippen LogP contribution in [0.5, 0.6) is 0 Å². The van der Waals surface area contributed by atoms with Gasteiger partial charge in [-0.1, -0.05) is 20.8 Å². The maximum Gasteiger partial charge on any atom is 0.412 e. The Bertz CT molecular complexity index is 586. The zero-order valence-corrected chi connectivity index (χ0v) is 19.5. The van der Waals surface area contributed by atoms with Crippen molar-refractivity contribution in [2.24, 2.45) is 11.8 Å². The van der Waals surface area contributed by atoms with Gasteiger partial charge >= 0.3 is 6.09 Å². The van der Waals surface area contributed by atoms with Crippen LogP contribution in [-0.2, 0) is 9.16 Å². The summed E-state index contributed by atoms with van der Waals surface area (Å²) >= 11 is 0. The Morgan fingerprint density at radius 1 is 1.07 bits per heavy atom. The van der Waals surface area contributed by atoms with Crippen LogP contribution in [0.1, 0.15) is 73.6 Å². The first-order chi connectivity index (χ1) is 12.2. The lowest BCUT2D eigenvalue weighted by Gasteiger charge is -2.41. The molecule has 1 amide bonds. The minimum absolute atomic E-state index is 0.0698. The minimum atomic E-state index is -2.01. The fourth-order valence-electron chi connectivity index (χ4n) is 4.06. The molecule has 1 N–H and O–H groups in total. The Morgan fingerprint density at radius 3 is 2.04 bits per heavy atom. The number of nitrogens with zero attached hydrogens (tertiary/aromatic N) is 1. The Hall–Kier alpha value is -0.593. The summed E-state index contributed by atoms with van der Waals surface area (Å²) in [6.45, 7) is 16.9. The average molecular weight is 398 g/mol. The fourth-order valence-corrected chi connectivity index (χ4v) is 5.39. The molecule has 3 rings (SSSR count). The van der Waals surface area contributed by atoms with E-state index in [1.165, 1.54) is 0 Å². The van der Waals surface area contributed by atoms with Crippen LogP contribution in [0.4, 0.5) is 4.79 Å². The number of hydrogen-bond acceptors (Lipinski definition) is 4. The van der Waals surface area contributed by atoms with E-state index in [1.54, 1.807) is 4.90 Å². The Balaban J connectivity index is 1.91. The van der Waals surface area contributed by atoms with Crippen molar-refractivity contribution in [3.8, 4) is 0 Å². The van der Waals surface area contributed by atoms with Gasteiger partial charge in [0.15, 0.2) is 8.32 Å². The van der Waals surface area contributed by atoms with E-state index < -0.39 is 19.6 Å². The van der Waals surface area contributed by atoms with Gasteiger partial charge in [0, 0.05) is 12.3 Å². The molecule has 2 aliphatic carbocycles. The summed E-state index contributed by atoms with van der Waals surface area (Å²) in [5.41, 5.74) is -1.70. The van der Waals surface area contributed by atoms with Crippen LogP contribution in [0, 0.1) is 11.8 Å². The number of hydrogen-bond donors (Lipinski definition) is 1. The molecule has 1 heterocycles. The van der Waals surface area contributed by atoms with E-state index in [4.69, 9.17) is 9.16 Å². The van der Waals surface area contributed by atoms with Crippen molar-refractivity contribution in [3.63, 3.8) is 0 Å². The van der Waals surface area contributed by atoms with Gasteiger partial charge in [-0.2, -0.15) is 0 Å². The third-order valence-electron chi connectivity index (χ3n) is 6.78. The van der Waals surface area contributed by atoms with Crippen LogP contribution in [0.3, 0.4) is 0 Å².